The number of unbranched alkanes of at least 4 members (excludes halogenated alkanes) is 5. The Labute approximate surface area is 427 Å². The number of carbonyl (C=O) groups excluding carboxylic acids is 5. The van der Waals surface area contributed by atoms with E-state index in [-0.39, 0.29) is 24.4 Å². The summed E-state index contributed by atoms with van der Waals surface area (Å²) in [5, 5.41) is 15.0. The third kappa shape index (κ3) is 11.8. The van der Waals surface area contributed by atoms with Crippen LogP contribution >= 0.6 is 0 Å². The highest BCUT2D eigenvalue weighted by Crippen LogP contribution is 2.65. The number of fused-ring (bicyclic) bond motifs is 5. The second-order valence-electron chi connectivity index (χ2n) is 21.5. The van der Waals surface area contributed by atoms with Gasteiger partial charge in [-0.05, 0) is 143 Å². The van der Waals surface area contributed by atoms with Gasteiger partial charge in [0.2, 0.25) is 23.6 Å². The lowest BCUT2D eigenvalue weighted by Gasteiger charge is -2.64. The number of nitrogens with one attached hydrogen (secondary N) is 5. The molecule has 15 nitrogen and oxygen atoms in total. The number of carbonyl (C=O) groups is 5. The minimum Gasteiger partial charge on any atom is -0.496 e. The van der Waals surface area contributed by atoms with E-state index in [9.17, 15) is 24.0 Å². The van der Waals surface area contributed by atoms with Crippen molar-refractivity contribution in [1.29, 1.82) is 0 Å². The largest absolute Gasteiger partial charge is 0.496 e. The van der Waals surface area contributed by atoms with E-state index in [2.05, 4.69) is 54.3 Å². The van der Waals surface area contributed by atoms with E-state index in [1.807, 2.05) is 38.2 Å². The molecule has 6 bridgehead atoms. The SMILES string of the molecule is CCCCCCCCc1ccc(C(=O)N[C@@H](CCCNC)C(=O)N(C)[C@@H]2C(=O)N[C@@H](C)C(=O)N[C@H](C(=O)N[C@@H](C)B3O[C@@H]4C[C@@H]5C[C@@H](C5(C)C)[C@]4(C)O3)Cc3ccc(OC)c(c3)-c3cc2ccc3OC)cc1. The van der Waals surface area contributed by atoms with E-state index < -0.39 is 72.4 Å². The van der Waals surface area contributed by atoms with Gasteiger partial charge in [0.15, 0.2) is 0 Å². The monoisotopic (exact) mass is 991 g/mol. The fraction of sp³-hybridized carbons (Fsp3) is 0.589. The summed E-state index contributed by atoms with van der Waals surface area (Å²) >= 11 is 0. The van der Waals surface area contributed by atoms with Crippen LogP contribution < -0.4 is 36.1 Å². The van der Waals surface area contributed by atoms with Crippen molar-refractivity contribution in [2.24, 2.45) is 17.3 Å². The molecule has 5 aliphatic rings. The van der Waals surface area contributed by atoms with Crippen molar-refractivity contribution in [1.82, 2.24) is 31.5 Å². The zero-order chi connectivity index (χ0) is 51.9. The molecule has 3 aromatic rings. The number of nitrogens with zero attached hydrogens (tertiary/aromatic N) is 1. The molecule has 0 aromatic heterocycles. The van der Waals surface area contributed by atoms with Crippen molar-refractivity contribution in [3.63, 3.8) is 0 Å². The van der Waals surface area contributed by atoms with Gasteiger partial charge in [0.05, 0.1) is 31.9 Å². The molecule has 0 unspecified atom stereocenters. The lowest BCUT2D eigenvalue weighted by molar-refractivity contribution is -0.199. The summed E-state index contributed by atoms with van der Waals surface area (Å²) < 4.78 is 25.0. The van der Waals surface area contributed by atoms with E-state index in [1.165, 1.54) is 51.0 Å². The lowest BCUT2D eigenvalue weighted by atomic mass is 9.43. The van der Waals surface area contributed by atoms with Crippen LogP contribution in [0.2, 0.25) is 0 Å². The zero-order valence-corrected chi connectivity index (χ0v) is 44.3. The number of amides is 5. The molecule has 3 aliphatic carbocycles. The highest BCUT2D eigenvalue weighted by molar-refractivity contribution is 6.47. The molecule has 1 saturated heterocycles. The molecule has 2 heterocycles. The predicted octanol–water partition coefficient (Wildman–Crippen LogP) is 6.89. The standard InChI is InChI=1S/C56H79BN6O9/c1-11-12-13-14-15-16-18-36-20-23-38(24-21-36)51(65)61-43(19-17-28-58-7)54(68)63(8)49-39-25-27-46(70-10)42(31-39)41-29-37(22-26-45(41)69-9)30-44(62-50(64)34(2)59-53(49)67)52(66)60-35(3)57-71-48-33-40-32-47(55(40,4)5)56(48,6)72-57/h20-27,29,31,34-35,40,43-44,47-49,58H,11-19,28,30,32-33H2,1-10H3,(H,59,67)(H,60,66)(H,61,65)(H,62,64)/t34-,35-,40-,43-,44-,47-,48+,49-,56-/m0/s1. The molecule has 3 aromatic carbocycles. The van der Waals surface area contributed by atoms with E-state index in [1.54, 1.807) is 50.6 Å². The molecule has 16 heteroatoms. The van der Waals surface area contributed by atoms with Gasteiger partial charge in [0.1, 0.15) is 35.7 Å². The van der Waals surface area contributed by atoms with E-state index in [4.69, 9.17) is 18.8 Å². The first-order valence-electron chi connectivity index (χ1n) is 26.3. The molecule has 0 radical (unpaired) electrons. The van der Waals surface area contributed by atoms with Crippen molar-refractivity contribution >= 4 is 36.7 Å². The van der Waals surface area contributed by atoms with Gasteiger partial charge in [0.25, 0.3) is 5.91 Å². The van der Waals surface area contributed by atoms with E-state index in [0.717, 1.165) is 31.2 Å². The third-order valence-corrected chi connectivity index (χ3v) is 16.2. The maximum Gasteiger partial charge on any atom is 0.481 e. The Morgan fingerprint density at radius 3 is 2.22 bits per heavy atom. The van der Waals surface area contributed by atoms with Gasteiger partial charge < -0.3 is 50.3 Å². The molecule has 5 amide bonds. The maximum absolute atomic E-state index is 14.9. The second-order valence-corrected chi connectivity index (χ2v) is 21.5. The summed E-state index contributed by atoms with van der Waals surface area (Å²) in [5.41, 5.74) is 3.57. The van der Waals surface area contributed by atoms with Crippen LogP contribution in [-0.2, 0) is 41.3 Å². The van der Waals surface area contributed by atoms with Gasteiger partial charge in [0, 0.05) is 30.2 Å². The Morgan fingerprint density at radius 2 is 1.54 bits per heavy atom. The zero-order valence-electron chi connectivity index (χ0n) is 44.3. The second kappa shape index (κ2) is 23.6. The van der Waals surface area contributed by atoms with Crippen LogP contribution in [0.1, 0.15) is 139 Å². The first-order chi connectivity index (χ1) is 34.4. The van der Waals surface area contributed by atoms with Crippen LogP contribution in [-0.4, -0.2) is 112 Å². The number of likely N-dealkylation sites (N-methyl/N-ethyl adjacent to an activating group) is 1. The van der Waals surface area contributed by atoms with Crippen LogP contribution in [0, 0.1) is 17.3 Å². The molecule has 8 rings (SSSR count). The van der Waals surface area contributed by atoms with Crippen molar-refractivity contribution in [3.8, 4) is 22.6 Å². The van der Waals surface area contributed by atoms with Crippen molar-refractivity contribution in [3.05, 3.63) is 82.9 Å². The molecule has 3 saturated carbocycles. The summed E-state index contributed by atoms with van der Waals surface area (Å²) in [5.74, 6) is -1.28. The fourth-order valence-corrected chi connectivity index (χ4v) is 11.6. The third-order valence-electron chi connectivity index (χ3n) is 16.2. The Hall–Kier alpha value is -5.45. The highest BCUT2D eigenvalue weighted by Gasteiger charge is 2.68. The van der Waals surface area contributed by atoms with Gasteiger partial charge in [-0.15, -0.1) is 0 Å². The number of benzene rings is 3. The van der Waals surface area contributed by atoms with Crippen molar-refractivity contribution in [2.75, 3.05) is 34.9 Å². The smallest absolute Gasteiger partial charge is 0.481 e. The number of aryl methyl sites for hydroxylation is 1. The molecule has 390 valence electrons. The Bertz CT molecular complexity index is 2420. The van der Waals surface area contributed by atoms with Crippen LogP contribution in [0.15, 0.2) is 60.7 Å². The topological polar surface area (TPSA) is 186 Å². The molecule has 4 fully saturated rings. The summed E-state index contributed by atoms with van der Waals surface area (Å²) in [6.45, 7) is 12.9. The molecular weight excluding hydrogens is 911 g/mol. The molecule has 9 atom stereocenters. The summed E-state index contributed by atoms with van der Waals surface area (Å²) in [6, 6.07) is 13.8. The molecular formula is C56H79BN6O9. The molecule has 5 N–H and O–H groups in total. The van der Waals surface area contributed by atoms with Gasteiger partial charge >= 0.3 is 7.12 Å². The summed E-state index contributed by atoms with van der Waals surface area (Å²) in [6.07, 6.45) is 11.0. The molecule has 72 heavy (non-hydrogen) atoms. The first-order valence-corrected chi connectivity index (χ1v) is 26.3. The van der Waals surface area contributed by atoms with Gasteiger partial charge in [-0.25, -0.2) is 0 Å². The van der Waals surface area contributed by atoms with Gasteiger partial charge in [-0.2, -0.15) is 0 Å². The van der Waals surface area contributed by atoms with Gasteiger partial charge in [-0.3, -0.25) is 24.0 Å². The lowest BCUT2D eigenvalue weighted by Crippen LogP contribution is -2.65. The van der Waals surface area contributed by atoms with Crippen LogP contribution in [0.4, 0.5) is 0 Å². The Morgan fingerprint density at radius 1 is 0.861 bits per heavy atom. The Balaban J connectivity index is 1.14. The minimum absolute atomic E-state index is 0.0751. The quantitative estimate of drug-likeness (QED) is 0.0590. The average Bonchev–Trinajstić information content (AvgIpc) is 3.74. The normalized spacial score (nSPS) is 25.1. The van der Waals surface area contributed by atoms with Crippen molar-refractivity contribution < 1.29 is 42.8 Å². The minimum atomic E-state index is -1.28. The summed E-state index contributed by atoms with van der Waals surface area (Å²) in [4.78, 5) is 73.5. The molecule has 2 aliphatic heterocycles. The number of rotatable bonds is 20. The number of hydrogen-bond acceptors (Lipinski definition) is 10. The van der Waals surface area contributed by atoms with Crippen LogP contribution in [0.5, 0.6) is 11.5 Å². The van der Waals surface area contributed by atoms with E-state index in [0.29, 0.717) is 64.1 Å². The number of ether oxygens (including phenoxy) is 2. The van der Waals surface area contributed by atoms with Gasteiger partial charge in [-0.1, -0.05) is 77.1 Å². The molecule has 0 spiro atoms. The summed E-state index contributed by atoms with van der Waals surface area (Å²) in [7, 11) is 5.76. The highest BCUT2D eigenvalue weighted by atomic mass is 16.7. The first kappa shape index (κ1) is 54.3. The van der Waals surface area contributed by atoms with Crippen LogP contribution in [0.3, 0.4) is 0 Å². The maximum atomic E-state index is 14.9. The average molecular weight is 991 g/mol. The fourth-order valence-electron chi connectivity index (χ4n) is 11.6. The number of methoxy groups -OCH3 is 2. The number of hydrogen-bond donors (Lipinski definition) is 5. The van der Waals surface area contributed by atoms with E-state index >= 15 is 0 Å². The predicted molar refractivity (Wildman–Crippen MR) is 279 cm³/mol. The Kier molecular flexibility index (Phi) is 17.8. The van der Waals surface area contributed by atoms with Crippen molar-refractivity contribution in [2.45, 2.75) is 160 Å². The van der Waals surface area contributed by atoms with Crippen LogP contribution in [0.25, 0.3) is 11.1 Å².